The molecule has 0 saturated carbocycles. The molecule has 156 valence electrons. The lowest BCUT2D eigenvalue weighted by Gasteiger charge is -2.22. The molecule has 5 rings (SSSR count). The van der Waals surface area contributed by atoms with Gasteiger partial charge in [0.1, 0.15) is 22.2 Å². The number of anilines is 1. The van der Waals surface area contributed by atoms with Crippen molar-refractivity contribution >= 4 is 33.3 Å². The van der Waals surface area contributed by atoms with Crippen LogP contribution < -0.4 is 15.1 Å². The van der Waals surface area contributed by atoms with E-state index in [9.17, 15) is 14.0 Å². The molecule has 1 unspecified atom stereocenters. The van der Waals surface area contributed by atoms with E-state index >= 15 is 0 Å². The average Bonchev–Trinajstić information content (AvgIpc) is 3.29. The first-order chi connectivity index (χ1) is 15.0. The molecular formula is C22H16FN3O4S. The third-order valence-corrected chi connectivity index (χ3v) is 5.88. The number of halogens is 1. The van der Waals surface area contributed by atoms with E-state index in [0.29, 0.717) is 33.4 Å². The lowest BCUT2D eigenvalue weighted by Crippen LogP contribution is -2.29. The van der Waals surface area contributed by atoms with Crippen LogP contribution in [0.15, 0.2) is 51.7 Å². The standard InChI is InChI=1S/C22H16FN3O4S/c1-3-29-14-7-8-15-16(10-14)30-20-17(19(15)27)18(12-5-4-6-13(23)9-12)26(21(20)28)22-25-24-11(2)31-22/h4-10,18H,3H2,1-2H3. The van der Waals surface area contributed by atoms with Crippen LogP contribution in [0, 0.1) is 12.7 Å². The van der Waals surface area contributed by atoms with Crippen LogP contribution in [-0.2, 0) is 0 Å². The number of carbonyl (C=O) groups excluding carboxylic acids is 1. The highest BCUT2D eigenvalue weighted by Crippen LogP contribution is 2.42. The molecule has 2 aromatic heterocycles. The second-order valence-corrected chi connectivity index (χ2v) is 8.16. The summed E-state index contributed by atoms with van der Waals surface area (Å²) >= 11 is 1.21. The van der Waals surface area contributed by atoms with Gasteiger partial charge in [-0.15, -0.1) is 10.2 Å². The minimum atomic E-state index is -0.877. The first-order valence-electron chi connectivity index (χ1n) is 9.60. The van der Waals surface area contributed by atoms with Gasteiger partial charge in [-0.25, -0.2) is 4.39 Å². The molecule has 3 heterocycles. The van der Waals surface area contributed by atoms with Gasteiger partial charge in [0, 0.05) is 6.07 Å². The number of benzene rings is 2. The maximum atomic E-state index is 14.1. The molecule has 0 N–H and O–H groups in total. The molecule has 0 fully saturated rings. The highest BCUT2D eigenvalue weighted by Gasteiger charge is 2.45. The van der Waals surface area contributed by atoms with Crippen molar-refractivity contribution in [3.8, 4) is 5.75 Å². The van der Waals surface area contributed by atoms with Crippen molar-refractivity contribution in [2.45, 2.75) is 19.9 Å². The van der Waals surface area contributed by atoms with Crippen LogP contribution in [0.25, 0.3) is 11.0 Å². The highest BCUT2D eigenvalue weighted by atomic mass is 32.1. The molecule has 1 amide bonds. The number of aromatic nitrogens is 2. The molecule has 0 radical (unpaired) electrons. The van der Waals surface area contributed by atoms with Crippen molar-refractivity contribution in [1.29, 1.82) is 0 Å². The van der Waals surface area contributed by atoms with Crippen molar-refractivity contribution in [2.24, 2.45) is 0 Å². The normalized spacial score (nSPS) is 15.5. The van der Waals surface area contributed by atoms with E-state index in [0.717, 1.165) is 0 Å². The third-order valence-electron chi connectivity index (χ3n) is 5.04. The number of rotatable bonds is 4. The number of aryl methyl sites for hydroxylation is 1. The summed E-state index contributed by atoms with van der Waals surface area (Å²) in [6.45, 7) is 4.06. The molecule has 2 aromatic carbocycles. The topological polar surface area (TPSA) is 85.5 Å². The molecule has 9 heteroatoms. The predicted octanol–water partition coefficient (Wildman–Crippen LogP) is 4.24. The van der Waals surface area contributed by atoms with Crippen LogP contribution in [0.4, 0.5) is 9.52 Å². The summed E-state index contributed by atoms with van der Waals surface area (Å²) in [6, 6.07) is 9.80. The van der Waals surface area contributed by atoms with Gasteiger partial charge >= 0.3 is 0 Å². The Balaban J connectivity index is 1.78. The molecule has 0 aliphatic carbocycles. The molecule has 1 aliphatic rings. The van der Waals surface area contributed by atoms with Gasteiger partial charge in [-0.05, 0) is 43.7 Å². The average molecular weight is 437 g/mol. The first kappa shape index (κ1) is 19.4. The Morgan fingerprint density at radius 1 is 1.19 bits per heavy atom. The fourth-order valence-electron chi connectivity index (χ4n) is 3.78. The van der Waals surface area contributed by atoms with Gasteiger partial charge in [0.15, 0.2) is 5.43 Å². The van der Waals surface area contributed by atoms with Crippen molar-refractivity contribution in [2.75, 3.05) is 11.5 Å². The predicted molar refractivity (Wildman–Crippen MR) is 113 cm³/mol. The van der Waals surface area contributed by atoms with Gasteiger partial charge in [0.05, 0.1) is 23.6 Å². The van der Waals surface area contributed by atoms with Crippen molar-refractivity contribution in [1.82, 2.24) is 10.2 Å². The van der Waals surface area contributed by atoms with Crippen LogP contribution in [0.2, 0.25) is 0 Å². The molecule has 4 aromatic rings. The number of carbonyl (C=O) groups is 1. The van der Waals surface area contributed by atoms with Gasteiger partial charge in [-0.1, -0.05) is 23.5 Å². The number of nitrogens with zero attached hydrogens (tertiary/aromatic N) is 3. The molecule has 0 spiro atoms. The van der Waals surface area contributed by atoms with E-state index in [1.807, 2.05) is 6.92 Å². The summed E-state index contributed by atoms with van der Waals surface area (Å²) in [7, 11) is 0. The van der Waals surface area contributed by atoms with Crippen LogP contribution in [0.1, 0.15) is 39.7 Å². The van der Waals surface area contributed by atoms with Crippen LogP contribution in [-0.4, -0.2) is 22.7 Å². The van der Waals surface area contributed by atoms with E-state index in [4.69, 9.17) is 9.15 Å². The SMILES string of the molecule is CCOc1ccc2c(=O)c3c(oc2c1)C(=O)N(c1nnc(C)s1)C3c1cccc(F)c1. The zero-order chi connectivity index (χ0) is 21.7. The summed E-state index contributed by atoms with van der Waals surface area (Å²) in [4.78, 5) is 28.2. The molecular weight excluding hydrogens is 421 g/mol. The minimum absolute atomic E-state index is 0.0896. The minimum Gasteiger partial charge on any atom is -0.494 e. The Kier molecular flexibility index (Phi) is 4.55. The highest BCUT2D eigenvalue weighted by molar-refractivity contribution is 7.15. The van der Waals surface area contributed by atoms with E-state index in [2.05, 4.69) is 10.2 Å². The monoisotopic (exact) mass is 437 g/mol. The summed E-state index contributed by atoms with van der Waals surface area (Å²) in [5.74, 6) is -0.561. The number of fused-ring (bicyclic) bond motifs is 2. The second kappa shape index (κ2) is 7.28. The maximum absolute atomic E-state index is 14.1. The van der Waals surface area contributed by atoms with E-state index in [1.54, 1.807) is 31.2 Å². The van der Waals surface area contributed by atoms with Crippen molar-refractivity contribution in [3.05, 3.63) is 80.4 Å². The summed E-state index contributed by atoms with van der Waals surface area (Å²) in [6.07, 6.45) is 0. The number of hydrogen-bond acceptors (Lipinski definition) is 7. The first-order valence-corrected chi connectivity index (χ1v) is 10.4. The van der Waals surface area contributed by atoms with E-state index in [1.165, 1.54) is 34.4 Å². The molecule has 0 bridgehead atoms. The molecule has 1 atom stereocenters. The Hall–Kier alpha value is -3.59. The van der Waals surface area contributed by atoms with Crippen molar-refractivity contribution < 1.29 is 18.3 Å². The largest absolute Gasteiger partial charge is 0.494 e. The fraction of sp³-hybridized carbons (Fsp3) is 0.182. The zero-order valence-electron chi connectivity index (χ0n) is 16.6. The Labute approximate surface area is 179 Å². The molecule has 0 saturated heterocycles. The quantitative estimate of drug-likeness (QED) is 0.475. The van der Waals surface area contributed by atoms with Crippen molar-refractivity contribution in [3.63, 3.8) is 0 Å². The van der Waals surface area contributed by atoms with Gasteiger partial charge in [0.25, 0.3) is 5.91 Å². The van der Waals surface area contributed by atoms with E-state index < -0.39 is 17.8 Å². The van der Waals surface area contributed by atoms with Crippen LogP contribution >= 0.6 is 11.3 Å². The Morgan fingerprint density at radius 3 is 2.74 bits per heavy atom. The molecule has 31 heavy (non-hydrogen) atoms. The third kappa shape index (κ3) is 3.09. The van der Waals surface area contributed by atoms with Gasteiger partial charge in [0.2, 0.25) is 10.9 Å². The summed E-state index contributed by atoms with van der Waals surface area (Å²) < 4.78 is 25.5. The van der Waals surface area contributed by atoms with Gasteiger partial charge in [-0.3, -0.25) is 14.5 Å². The molecule has 1 aliphatic heterocycles. The van der Waals surface area contributed by atoms with Crippen LogP contribution in [0.3, 0.4) is 0 Å². The van der Waals surface area contributed by atoms with Crippen LogP contribution in [0.5, 0.6) is 5.75 Å². The Bertz CT molecular complexity index is 1400. The smallest absolute Gasteiger partial charge is 0.297 e. The van der Waals surface area contributed by atoms with E-state index in [-0.39, 0.29) is 22.3 Å². The summed E-state index contributed by atoms with van der Waals surface area (Å²) in [5, 5.41) is 9.35. The molecule has 7 nitrogen and oxygen atoms in total. The van der Waals surface area contributed by atoms with Gasteiger partial charge in [-0.2, -0.15) is 0 Å². The zero-order valence-corrected chi connectivity index (χ0v) is 17.4. The maximum Gasteiger partial charge on any atom is 0.297 e. The summed E-state index contributed by atoms with van der Waals surface area (Å²) in [5.41, 5.74) is 0.486. The lowest BCUT2D eigenvalue weighted by molar-refractivity contribution is 0.0970. The second-order valence-electron chi connectivity index (χ2n) is 7.00. The fourth-order valence-corrected chi connectivity index (χ4v) is 4.49. The number of hydrogen-bond donors (Lipinski definition) is 0. The van der Waals surface area contributed by atoms with Gasteiger partial charge < -0.3 is 9.15 Å². The number of ether oxygens (including phenoxy) is 1. The number of amides is 1. The Morgan fingerprint density at radius 2 is 2.03 bits per heavy atom. The lowest BCUT2D eigenvalue weighted by atomic mass is 9.98.